The molecule has 0 saturated carbocycles. The van der Waals surface area contributed by atoms with Crippen LogP contribution in [-0.4, -0.2) is 27.2 Å². The summed E-state index contributed by atoms with van der Waals surface area (Å²) >= 11 is 0. The summed E-state index contributed by atoms with van der Waals surface area (Å²) in [5.41, 5.74) is 6.98. The minimum Gasteiger partial charge on any atom is -0.348 e. The average Bonchev–Trinajstić information content (AvgIpc) is 3.17. The first-order valence-electron chi connectivity index (χ1n) is 9.60. The summed E-state index contributed by atoms with van der Waals surface area (Å²) in [6.45, 7) is 5.60. The minimum atomic E-state index is 0.106. The molecule has 27 heavy (non-hydrogen) atoms. The molecule has 2 aromatic carbocycles. The van der Waals surface area contributed by atoms with Gasteiger partial charge in [0, 0.05) is 30.8 Å². The molecule has 3 aromatic rings. The topological polar surface area (TPSA) is 49.0 Å². The smallest absolute Gasteiger partial charge is 0.159 e. The molecule has 4 rings (SSSR count). The number of carbonyl (C=O) groups is 1. The normalized spacial score (nSPS) is 16.9. The molecular formula is C23H25N3O. The van der Waals surface area contributed by atoms with Gasteiger partial charge in [0.1, 0.15) is 0 Å². The van der Waals surface area contributed by atoms with Gasteiger partial charge in [-0.2, -0.15) is 0 Å². The molecule has 1 unspecified atom stereocenters. The van der Waals surface area contributed by atoms with E-state index in [1.807, 2.05) is 18.5 Å². The van der Waals surface area contributed by atoms with Gasteiger partial charge in [0.15, 0.2) is 5.78 Å². The van der Waals surface area contributed by atoms with E-state index in [1.165, 1.54) is 22.4 Å². The zero-order chi connectivity index (χ0) is 18.8. The predicted octanol–water partition coefficient (Wildman–Crippen LogP) is 4.32. The Morgan fingerprint density at radius 2 is 1.81 bits per heavy atom. The van der Waals surface area contributed by atoms with Crippen molar-refractivity contribution in [1.82, 2.24) is 14.9 Å². The third-order valence-corrected chi connectivity index (χ3v) is 5.47. The molecule has 0 spiro atoms. The van der Waals surface area contributed by atoms with Crippen LogP contribution in [0, 0.1) is 0 Å². The quantitative estimate of drug-likeness (QED) is 0.690. The molecule has 1 atom stereocenters. The Morgan fingerprint density at radius 1 is 1.11 bits per heavy atom. The number of aryl methyl sites for hydroxylation is 1. The summed E-state index contributed by atoms with van der Waals surface area (Å²) in [6, 6.07) is 17.0. The van der Waals surface area contributed by atoms with Crippen molar-refractivity contribution in [1.29, 1.82) is 0 Å². The Morgan fingerprint density at radius 3 is 2.48 bits per heavy atom. The summed E-state index contributed by atoms with van der Waals surface area (Å²) in [7, 11) is 0. The number of ketones is 1. The Bertz CT molecular complexity index is 925. The van der Waals surface area contributed by atoms with Crippen LogP contribution in [0.15, 0.2) is 54.9 Å². The number of carbonyl (C=O) groups excluding carboxylic acids is 1. The number of hydrogen-bond acceptors (Lipinski definition) is 3. The van der Waals surface area contributed by atoms with Crippen LogP contribution < -0.4 is 0 Å². The van der Waals surface area contributed by atoms with Gasteiger partial charge in [0.2, 0.25) is 0 Å². The second kappa shape index (κ2) is 7.49. The van der Waals surface area contributed by atoms with Crippen LogP contribution in [0.3, 0.4) is 0 Å². The van der Waals surface area contributed by atoms with Gasteiger partial charge in [0.05, 0.1) is 18.1 Å². The summed E-state index contributed by atoms with van der Waals surface area (Å²) < 4.78 is 0. The van der Waals surface area contributed by atoms with Gasteiger partial charge in [-0.25, -0.2) is 4.98 Å². The molecule has 1 aliphatic heterocycles. The standard InChI is InChI=1S/C23H25N3O/c1-3-17-4-10-20(11-5-17)23-22-21(24-15-25-22)12-13-26(23)14-18-6-8-19(9-7-18)16(2)27/h4-11,15,23H,3,12-14H2,1-2H3,(H,24,25). The van der Waals surface area contributed by atoms with E-state index >= 15 is 0 Å². The molecule has 0 amide bonds. The van der Waals surface area contributed by atoms with Crippen molar-refractivity contribution in [2.75, 3.05) is 6.54 Å². The number of benzene rings is 2. The second-order valence-corrected chi connectivity index (χ2v) is 7.24. The van der Waals surface area contributed by atoms with Crippen molar-refractivity contribution >= 4 is 5.78 Å². The van der Waals surface area contributed by atoms with Crippen molar-refractivity contribution < 1.29 is 4.79 Å². The monoisotopic (exact) mass is 359 g/mol. The van der Waals surface area contributed by atoms with Gasteiger partial charge in [-0.15, -0.1) is 0 Å². The lowest BCUT2D eigenvalue weighted by Crippen LogP contribution is -2.35. The Hall–Kier alpha value is -2.72. The lowest BCUT2D eigenvalue weighted by molar-refractivity contribution is 0.101. The van der Waals surface area contributed by atoms with E-state index in [9.17, 15) is 4.79 Å². The van der Waals surface area contributed by atoms with Crippen LogP contribution in [0.5, 0.6) is 0 Å². The number of H-pyrrole nitrogens is 1. The number of imidazole rings is 1. The largest absolute Gasteiger partial charge is 0.348 e. The van der Waals surface area contributed by atoms with Gasteiger partial charge in [-0.05, 0) is 30.0 Å². The fourth-order valence-electron chi connectivity index (χ4n) is 3.88. The lowest BCUT2D eigenvalue weighted by Gasteiger charge is -2.35. The highest BCUT2D eigenvalue weighted by Crippen LogP contribution is 2.34. The SMILES string of the molecule is CCc1ccc(C2c3nc[nH]c3CCN2Cc2ccc(C(C)=O)cc2)cc1. The summed E-state index contributed by atoms with van der Waals surface area (Å²) in [4.78, 5) is 22.0. The molecule has 1 aliphatic rings. The van der Waals surface area contributed by atoms with E-state index in [2.05, 4.69) is 58.2 Å². The Labute approximate surface area is 160 Å². The van der Waals surface area contributed by atoms with Crippen LogP contribution in [0.1, 0.15) is 58.3 Å². The molecule has 0 aliphatic carbocycles. The molecule has 4 heteroatoms. The van der Waals surface area contributed by atoms with E-state index in [0.717, 1.165) is 37.2 Å². The highest BCUT2D eigenvalue weighted by atomic mass is 16.1. The fourth-order valence-corrected chi connectivity index (χ4v) is 3.88. The minimum absolute atomic E-state index is 0.106. The molecule has 0 saturated heterocycles. The molecule has 1 N–H and O–H groups in total. The van der Waals surface area contributed by atoms with Crippen molar-refractivity contribution in [3.8, 4) is 0 Å². The maximum atomic E-state index is 11.5. The van der Waals surface area contributed by atoms with Crippen LogP contribution >= 0.6 is 0 Å². The van der Waals surface area contributed by atoms with Crippen molar-refractivity contribution in [2.24, 2.45) is 0 Å². The molecular weight excluding hydrogens is 334 g/mol. The molecule has 138 valence electrons. The van der Waals surface area contributed by atoms with Crippen LogP contribution in [0.4, 0.5) is 0 Å². The molecule has 0 fully saturated rings. The van der Waals surface area contributed by atoms with Gasteiger partial charge in [0.25, 0.3) is 0 Å². The first kappa shape index (κ1) is 17.7. The molecule has 2 heterocycles. The van der Waals surface area contributed by atoms with Crippen LogP contribution in [0.25, 0.3) is 0 Å². The maximum absolute atomic E-state index is 11.5. The number of nitrogens with zero attached hydrogens (tertiary/aromatic N) is 2. The number of nitrogens with one attached hydrogen (secondary N) is 1. The van der Waals surface area contributed by atoms with Gasteiger partial charge in [-0.1, -0.05) is 55.5 Å². The highest BCUT2D eigenvalue weighted by molar-refractivity contribution is 5.94. The first-order chi connectivity index (χ1) is 13.2. The maximum Gasteiger partial charge on any atom is 0.159 e. The van der Waals surface area contributed by atoms with E-state index in [0.29, 0.717) is 0 Å². The van der Waals surface area contributed by atoms with Gasteiger partial charge in [-0.3, -0.25) is 9.69 Å². The Kier molecular flexibility index (Phi) is 4.90. The van der Waals surface area contributed by atoms with E-state index in [1.54, 1.807) is 6.92 Å². The van der Waals surface area contributed by atoms with E-state index < -0.39 is 0 Å². The number of fused-ring (bicyclic) bond motifs is 1. The van der Waals surface area contributed by atoms with Crippen molar-refractivity contribution in [2.45, 2.75) is 39.3 Å². The summed E-state index contributed by atoms with van der Waals surface area (Å²) in [5, 5.41) is 0. The zero-order valence-electron chi connectivity index (χ0n) is 15.9. The first-order valence-corrected chi connectivity index (χ1v) is 9.60. The number of rotatable bonds is 5. The van der Waals surface area contributed by atoms with Gasteiger partial charge >= 0.3 is 0 Å². The summed E-state index contributed by atoms with van der Waals surface area (Å²) in [6.07, 6.45) is 3.83. The molecule has 0 bridgehead atoms. The predicted molar refractivity (Wildman–Crippen MR) is 107 cm³/mol. The second-order valence-electron chi connectivity index (χ2n) is 7.24. The van der Waals surface area contributed by atoms with Crippen molar-refractivity contribution in [3.63, 3.8) is 0 Å². The highest BCUT2D eigenvalue weighted by Gasteiger charge is 2.30. The third-order valence-electron chi connectivity index (χ3n) is 5.47. The van der Waals surface area contributed by atoms with E-state index in [4.69, 9.17) is 0 Å². The lowest BCUT2D eigenvalue weighted by atomic mass is 9.94. The summed E-state index contributed by atoms with van der Waals surface area (Å²) in [5.74, 6) is 0.106. The number of aromatic amines is 1. The number of hydrogen-bond donors (Lipinski definition) is 1. The third kappa shape index (κ3) is 3.58. The zero-order valence-corrected chi connectivity index (χ0v) is 15.9. The number of Topliss-reactive ketones (excluding diaryl/α,β-unsaturated/α-hetero) is 1. The van der Waals surface area contributed by atoms with Crippen molar-refractivity contribution in [3.05, 3.63) is 88.5 Å². The van der Waals surface area contributed by atoms with E-state index in [-0.39, 0.29) is 11.8 Å². The van der Waals surface area contributed by atoms with Crippen LogP contribution in [0.2, 0.25) is 0 Å². The molecule has 4 nitrogen and oxygen atoms in total. The average molecular weight is 359 g/mol. The fraction of sp³-hybridized carbons (Fsp3) is 0.304. The van der Waals surface area contributed by atoms with Gasteiger partial charge < -0.3 is 4.98 Å². The number of aromatic nitrogens is 2. The van der Waals surface area contributed by atoms with Crippen LogP contribution in [-0.2, 0) is 19.4 Å². The molecule has 1 aromatic heterocycles. The molecule has 0 radical (unpaired) electrons. The Balaban J connectivity index is 1.64.